The van der Waals surface area contributed by atoms with Crippen molar-refractivity contribution in [2.24, 2.45) is 0 Å². The number of unbranched alkanes of at least 4 members (excludes halogenated alkanes) is 5. The molecule has 0 radical (unpaired) electrons. The van der Waals surface area contributed by atoms with Gasteiger partial charge in [0.25, 0.3) is 16.6 Å². The van der Waals surface area contributed by atoms with Crippen LogP contribution in [0.25, 0.3) is 16.5 Å². The SMILES string of the molecule is CCCCCCCC[n+]1cn(-c2c(CC)ccc3ccccc23)c(Cl)c1Cl.[Br-]. The van der Waals surface area contributed by atoms with Crippen LogP contribution >= 0.6 is 23.2 Å². The summed E-state index contributed by atoms with van der Waals surface area (Å²) in [6.45, 7) is 5.33. The zero-order valence-electron chi connectivity index (χ0n) is 16.7. The predicted octanol–water partition coefficient (Wildman–Crippen LogP) is 4.15. The molecule has 0 amide bonds. The number of fused-ring (bicyclic) bond motifs is 1. The highest BCUT2D eigenvalue weighted by Gasteiger charge is 2.24. The van der Waals surface area contributed by atoms with Gasteiger partial charge in [0, 0.05) is 5.39 Å². The maximum Gasteiger partial charge on any atom is 0.260 e. The van der Waals surface area contributed by atoms with Gasteiger partial charge >= 0.3 is 0 Å². The van der Waals surface area contributed by atoms with E-state index in [1.807, 2.05) is 0 Å². The molecule has 0 unspecified atom stereocenters. The number of nitrogens with zero attached hydrogens (tertiary/aromatic N) is 2. The second kappa shape index (κ2) is 11.2. The fourth-order valence-corrected chi connectivity index (χ4v) is 4.16. The van der Waals surface area contributed by atoms with E-state index in [1.165, 1.54) is 48.4 Å². The molecule has 2 nitrogen and oxygen atoms in total. The molecule has 28 heavy (non-hydrogen) atoms. The number of benzene rings is 2. The number of hydrogen-bond donors (Lipinski definition) is 0. The third-order valence-electron chi connectivity index (χ3n) is 5.25. The Balaban J connectivity index is 0.00000280. The Hall–Kier alpha value is -1.03. The molecule has 0 N–H and O–H groups in total. The number of imidazole rings is 1. The van der Waals surface area contributed by atoms with Crippen LogP contribution in [0.4, 0.5) is 0 Å². The van der Waals surface area contributed by atoms with Crippen LogP contribution in [-0.2, 0) is 13.0 Å². The molecule has 0 saturated carbocycles. The lowest BCUT2D eigenvalue weighted by molar-refractivity contribution is -0.694. The molecule has 0 spiro atoms. The molecule has 0 fully saturated rings. The quantitative estimate of drug-likeness (QED) is 0.319. The lowest BCUT2D eigenvalue weighted by atomic mass is 10.0. The van der Waals surface area contributed by atoms with Crippen molar-refractivity contribution in [3.63, 3.8) is 0 Å². The van der Waals surface area contributed by atoms with Crippen molar-refractivity contribution in [1.82, 2.24) is 4.57 Å². The summed E-state index contributed by atoms with van der Waals surface area (Å²) in [4.78, 5) is 0. The fourth-order valence-electron chi connectivity index (χ4n) is 3.70. The second-order valence-electron chi connectivity index (χ2n) is 7.18. The van der Waals surface area contributed by atoms with Gasteiger partial charge in [-0.05, 0) is 53.4 Å². The molecule has 0 aliphatic rings. The summed E-state index contributed by atoms with van der Waals surface area (Å²) < 4.78 is 4.15. The van der Waals surface area contributed by atoms with Gasteiger partial charge in [-0.3, -0.25) is 0 Å². The monoisotopic (exact) mass is 482 g/mol. The van der Waals surface area contributed by atoms with Gasteiger partial charge in [-0.15, -0.1) is 0 Å². The Bertz CT molecular complexity index is 905. The van der Waals surface area contributed by atoms with Crippen LogP contribution in [0.1, 0.15) is 57.9 Å². The maximum atomic E-state index is 6.67. The third kappa shape index (κ3) is 5.11. The second-order valence-corrected chi connectivity index (χ2v) is 7.89. The smallest absolute Gasteiger partial charge is 0.260 e. The predicted molar refractivity (Wildman–Crippen MR) is 116 cm³/mol. The first-order chi connectivity index (χ1) is 13.2. The van der Waals surface area contributed by atoms with E-state index < -0.39 is 0 Å². The normalized spacial score (nSPS) is 11.0. The Morgan fingerprint density at radius 3 is 2.36 bits per heavy atom. The van der Waals surface area contributed by atoms with Crippen LogP contribution in [0.15, 0.2) is 42.7 Å². The Kier molecular flexibility index (Phi) is 9.33. The molecule has 0 aliphatic heterocycles. The van der Waals surface area contributed by atoms with Crippen molar-refractivity contribution in [1.29, 1.82) is 0 Å². The highest BCUT2D eigenvalue weighted by molar-refractivity contribution is 6.40. The van der Waals surface area contributed by atoms with E-state index in [0.717, 1.165) is 25.1 Å². The lowest BCUT2D eigenvalue weighted by Gasteiger charge is -2.09. The summed E-state index contributed by atoms with van der Waals surface area (Å²) in [6.07, 6.45) is 10.6. The van der Waals surface area contributed by atoms with Crippen molar-refractivity contribution < 1.29 is 21.5 Å². The number of hydrogen-bond acceptors (Lipinski definition) is 0. The molecular weight excluding hydrogens is 455 g/mol. The molecule has 3 rings (SSSR count). The summed E-state index contributed by atoms with van der Waals surface area (Å²) in [5, 5.41) is 3.64. The van der Waals surface area contributed by atoms with Gasteiger partial charge in [0.05, 0.1) is 6.54 Å². The summed E-state index contributed by atoms with van der Waals surface area (Å²) in [7, 11) is 0. The highest BCUT2D eigenvalue weighted by Crippen LogP contribution is 2.31. The molecule has 5 heteroatoms. The molecule has 0 atom stereocenters. The number of aryl methyl sites for hydroxylation is 2. The van der Waals surface area contributed by atoms with Crippen molar-refractivity contribution in [3.8, 4) is 5.69 Å². The Morgan fingerprint density at radius 1 is 0.893 bits per heavy atom. The molecule has 0 bridgehead atoms. The van der Waals surface area contributed by atoms with Crippen molar-refractivity contribution in [2.75, 3.05) is 0 Å². The molecule has 1 aromatic heterocycles. The van der Waals surface area contributed by atoms with Crippen LogP contribution < -0.4 is 21.5 Å². The largest absolute Gasteiger partial charge is 1.00 e. The van der Waals surface area contributed by atoms with Crippen molar-refractivity contribution in [2.45, 2.75) is 65.3 Å². The third-order valence-corrected chi connectivity index (χ3v) is 6.10. The van der Waals surface area contributed by atoms with Crippen LogP contribution in [0, 0.1) is 0 Å². The summed E-state index contributed by atoms with van der Waals surface area (Å²) in [5.74, 6) is 0. The molecular formula is C23H29BrCl2N2. The van der Waals surface area contributed by atoms with Crippen molar-refractivity contribution >= 4 is 34.0 Å². The zero-order chi connectivity index (χ0) is 19.2. The van der Waals surface area contributed by atoms with E-state index in [4.69, 9.17) is 23.2 Å². The number of halogens is 3. The Labute approximate surface area is 189 Å². The molecule has 2 aromatic carbocycles. The summed E-state index contributed by atoms with van der Waals surface area (Å²) >= 11 is 13.3. The van der Waals surface area contributed by atoms with Gasteiger partial charge in [0.2, 0.25) is 0 Å². The Morgan fingerprint density at radius 2 is 1.61 bits per heavy atom. The van der Waals surface area contributed by atoms with Gasteiger partial charge in [0.1, 0.15) is 5.69 Å². The number of rotatable bonds is 9. The van der Waals surface area contributed by atoms with Gasteiger partial charge in [0.15, 0.2) is 0 Å². The van der Waals surface area contributed by atoms with E-state index in [1.54, 1.807) is 0 Å². The summed E-state index contributed by atoms with van der Waals surface area (Å²) in [6, 6.07) is 12.8. The van der Waals surface area contributed by atoms with Gasteiger partial charge in [-0.1, -0.05) is 75.9 Å². The fraction of sp³-hybridized carbons (Fsp3) is 0.435. The molecule has 0 saturated heterocycles. The lowest BCUT2D eigenvalue weighted by Crippen LogP contribution is -3.00. The van der Waals surface area contributed by atoms with Gasteiger partial charge in [-0.25, -0.2) is 4.57 Å². The minimum atomic E-state index is 0. The number of aromatic nitrogens is 2. The van der Waals surface area contributed by atoms with E-state index in [9.17, 15) is 0 Å². The van der Waals surface area contributed by atoms with Crippen LogP contribution in [-0.4, -0.2) is 4.57 Å². The topological polar surface area (TPSA) is 8.81 Å². The molecule has 3 aromatic rings. The van der Waals surface area contributed by atoms with Crippen LogP contribution in [0.2, 0.25) is 10.3 Å². The first kappa shape index (κ1) is 23.3. The molecule has 152 valence electrons. The first-order valence-corrected chi connectivity index (χ1v) is 10.9. The van der Waals surface area contributed by atoms with E-state index >= 15 is 0 Å². The average Bonchev–Trinajstić information content (AvgIpc) is 2.98. The van der Waals surface area contributed by atoms with E-state index in [2.05, 4.69) is 65.7 Å². The minimum Gasteiger partial charge on any atom is -1.00 e. The highest BCUT2D eigenvalue weighted by atomic mass is 79.9. The van der Waals surface area contributed by atoms with E-state index in [0.29, 0.717) is 10.3 Å². The first-order valence-electron chi connectivity index (χ1n) is 10.1. The molecule has 1 heterocycles. The van der Waals surface area contributed by atoms with Crippen LogP contribution in [0.3, 0.4) is 0 Å². The van der Waals surface area contributed by atoms with Crippen LogP contribution in [0.5, 0.6) is 0 Å². The average molecular weight is 484 g/mol. The maximum absolute atomic E-state index is 6.67. The standard InChI is InChI=1S/C23H29Cl2N2.BrH/c1-3-5-6-7-8-11-16-26-17-27(23(25)22(26)24)21-18(4-2)14-15-19-12-9-10-13-20(19)21;/h9-10,12-15,17H,3-8,11,16H2,1-2H3;1H/q+1;/p-1. The van der Waals surface area contributed by atoms with Gasteiger partial charge in [-0.2, -0.15) is 4.57 Å². The van der Waals surface area contributed by atoms with Gasteiger partial charge < -0.3 is 17.0 Å². The minimum absolute atomic E-state index is 0. The summed E-state index contributed by atoms with van der Waals surface area (Å²) in [5.41, 5.74) is 2.41. The van der Waals surface area contributed by atoms with E-state index in [-0.39, 0.29) is 17.0 Å². The van der Waals surface area contributed by atoms with Crippen molar-refractivity contribution in [3.05, 3.63) is 58.6 Å². The zero-order valence-corrected chi connectivity index (χ0v) is 19.8. The molecule has 0 aliphatic carbocycles.